The van der Waals surface area contributed by atoms with Gasteiger partial charge in [0.15, 0.2) is 0 Å². The quantitative estimate of drug-likeness (QED) is 0.503. The van der Waals surface area contributed by atoms with E-state index in [0.29, 0.717) is 6.61 Å². The van der Waals surface area contributed by atoms with E-state index in [9.17, 15) is 0 Å². The monoisotopic (exact) mass is 244 g/mol. The van der Waals surface area contributed by atoms with E-state index >= 15 is 0 Å². The lowest BCUT2D eigenvalue weighted by Gasteiger charge is -1.97. The Morgan fingerprint density at radius 3 is 1.82 bits per heavy atom. The second-order valence-corrected chi connectivity index (χ2v) is 3.10. The molecule has 0 bridgehead atoms. The van der Waals surface area contributed by atoms with Crippen LogP contribution in [0.3, 0.4) is 0 Å². The van der Waals surface area contributed by atoms with Crippen LogP contribution in [0.2, 0.25) is 0 Å². The summed E-state index contributed by atoms with van der Waals surface area (Å²) in [6.45, 7) is 3.53. The average Bonchev–Trinajstić information content (AvgIpc) is 2.23. The maximum absolute atomic E-state index is 8.24. The SMILES string of the molecule is CCCCOCCO.Nc1nc(N)nc(N)n1. The Bertz CT molecular complexity index is 253. The van der Waals surface area contributed by atoms with Crippen molar-refractivity contribution in [1.29, 1.82) is 0 Å². The van der Waals surface area contributed by atoms with Gasteiger partial charge in [0.25, 0.3) is 0 Å². The van der Waals surface area contributed by atoms with Crippen LogP contribution in [0.1, 0.15) is 19.8 Å². The van der Waals surface area contributed by atoms with Crippen LogP contribution >= 0.6 is 0 Å². The molecule has 0 atom stereocenters. The number of ether oxygens (including phenoxy) is 1. The molecule has 98 valence electrons. The third kappa shape index (κ3) is 9.27. The first kappa shape index (κ1) is 15.3. The number of aliphatic hydroxyl groups excluding tert-OH is 1. The summed E-state index contributed by atoms with van der Waals surface area (Å²) < 4.78 is 4.97. The molecule has 1 aromatic rings. The van der Waals surface area contributed by atoms with Gasteiger partial charge in [0.1, 0.15) is 0 Å². The topological polar surface area (TPSA) is 146 Å². The van der Waals surface area contributed by atoms with Crippen LogP contribution in [0, 0.1) is 0 Å². The zero-order chi connectivity index (χ0) is 13.1. The first-order valence-electron chi connectivity index (χ1n) is 5.31. The number of aromatic nitrogens is 3. The molecule has 0 saturated heterocycles. The van der Waals surface area contributed by atoms with E-state index in [1.54, 1.807) is 0 Å². The normalized spacial score (nSPS) is 9.53. The second kappa shape index (κ2) is 9.55. The third-order valence-corrected chi connectivity index (χ3v) is 1.57. The molecule has 0 radical (unpaired) electrons. The molecule has 7 N–H and O–H groups in total. The minimum atomic E-state index is 0.0417. The number of aliphatic hydroxyl groups is 1. The van der Waals surface area contributed by atoms with Crippen molar-refractivity contribution in [3.63, 3.8) is 0 Å². The number of rotatable bonds is 5. The lowest BCUT2D eigenvalue weighted by molar-refractivity contribution is 0.0904. The van der Waals surface area contributed by atoms with Crippen molar-refractivity contribution < 1.29 is 9.84 Å². The minimum absolute atomic E-state index is 0.0417. The highest BCUT2D eigenvalue weighted by atomic mass is 16.5. The van der Waals surface area contributed by atoms with E-state index in [1.165, 1.54) is 0 Å². The summed E-state index contributed by atoms with van der Waals surface area (Å²) in [5.74, 6) is 0.125. The Morgan fingerprint density at radius 2 is 1.47 bits per heavy atom. The molecule has 8 heteroatoms. The number of hydrogen-bond acceptors (Lipinski definition) is 8. The van der Waals surface area contributed by atoms with Gasteiger partial charge in [-0.15, -0.1) is 0 Å². The van der Waals surface area contributed by atoms with Gasteiger partial charge in [0, 0.05) is 6.61 Å². The standard InChI is InChI=1S/C6H14O2.C3H6N6/c1-2-3-5-8-6-4-7;4-1-7-2(5)9-3(6)8-1/h7H,2-6H2,1H3;(H6,4,5,6,7,8,9). The smallest absolute Gasteiger partial charge is 0.226 e. The van der Waals surface area contributed by atoms with Crippen molar-refractivity contribution in [3.05, 3.63) is 0 Å². The molecular formula is C9H20N6O2. The number of nitrogens with two attached hydrogens (primary N) is 3. The first-order valence-corrected chi connectivity index (χ1v) is 5.31. The van der Waals surface area contributed by atoms with Gasteiger partial charge in [-0.05, 0) is 6.42 Å². The Kier molecular flexibility index (Phi) is 8.61. The fourth-order valence-electron chi connectivity index (χ4n) is 0.840. The average molecular weight is 244 g/mol. The van der Waals surface area contributed by atoms with Gasteiger partial charge in [-0.2, -0.15) is 15.0 Å². The maximum atomic E-state index is 8.24. The predicted molar refractivity (Wildman–Crippen MR) is 65.9 cm³/mol. The second-order valence-electron chi connectivity index (χ2n) is 3.10. The predicted octanol–water partition coefficient (Wildman–Crippen LogP) is -0.586. The van der Waals surface area contributed by atoms with Gasteiger partial charge in [-0.3, -0.25) is 0 Å². The van der Waals surface area contributed by atoms with Gasteiger partial charge in [-0.1, -0.05) is 13.3 Å². The van der Waals surface area contributed by atoms with E-state index in [-0.39, 0.29) is 24.5 Å². The summed E-state index contributed by atoms with van der Waals surface area (Å²) in [5, 5.41) is 8.24. The number of anilines is 3. The molecule has 0 aliphatic heterocycles. The van der Waals surface area contributed by atoms with Crippen LogP contribution in [0.5, 0.6) is 0 Å². The highest BCUT2D eigenvalue weighted by Gasteiger charge is 1.93. The molecule has 1 rings (SSSR count). The van der Waals surface area contributed by atoms with Gasteiger partial charge < -0.3 is 27.0 Å². The zero-order valence-electron chi connectivity index (χ0n) is 9.96. The maximum Gasteiger partial charge on any atom is 0.226 e. The van der Waals surface area contributed by atoms with Crippen molar-refractivity contribution in [2.45, 2.75) is 19.8 Å². The van der Waals surface area contributed by atoms with Crippen molar-refractivity contribution in [2.24, 2.45) is 0 Å². The van der Waals surface area contributed by atoms with Crippen LogP contribution < -0.4 is 17.2 Å². The molecule has 0 saturated carbocycles. The van der Waals surface area contributed by atoms with Crippen LogP contribution in [0.4, 0.5) is 17.8 Å². The summed E-state index contributed by atoms with van der Waals surface area (Å²) in [7, 11) is 0. The molecule has 0 aliphatic rings. The van der Waals surface area contributed by atoms with Crippen molar-refractivity contribution in [2.75, 3.05) is 37.0 Å². The number of unbranched alkanes of at least 4 members (excludes halogenated alkanes) is 1. The molecular weight excluding hydrogens is 224 g/mol. The Morgan fingerprint density at radius 1 is 1.00 bits per heavy atom. The van der Waals surface area contributed by atoms with Crippen molar-refractivity contribution >= 4 is 17.8 Å². The largest absolute Gasteiger partial charge is 0.394 e. The molecule has 8 nitrogen and oxygen atoms in total. The molecule has 1 heterocycles. The number of nitrogen functional groups attached to an aromatic ring is 3. The van der Waals surface area contributed by atoms with Crippen LogP contribution in [-0.2, 0) is 4.74 Å². The van der Waals surface area contributed by atoms with E-state index in [0.717, 1.165) is 19.4 Å². The molecule has 0 unspecified atom stereocenters. The highest BCUT2D eigenvalue weighted by Crippen LogP contribution is 1.97. The summed E-state index contributed by atoms with van der Waals surface area (Å²) in [5.41, 5.74) is 15.4. The molecule has 0 aromatic carbocycles. The molecule has 0 aliphatic carbocycles. The summed E-state index contributed by atoms with van der Waals surface area (Å²) in [6.07, 6.45) is 2.26. The number of hydrogen-bond donors (Lipinski definition) is 4. The minimum Gasteiger partial charge on any atom is -0.394 e. The lowest BCUT2D eigenvalue weighted by atomic mass is 10.4. The van der Waals surface area contributed by atoms with Gasteiger partial charge in [0.2, 0.25) is 17.8 Å². The van der Waals surface area contributed by atoms with E-state index in [2.05, 4.69) is 21.9 Å². The van der Waals surface area contributed by atoms with E-state index in [4.69, 9.17) is 27.0 Å². The third-order valence-electron chi connectivity index (χ3n) is 1.57. The summed E-state index contributed by atoms with van der Waals surface area (Å²) in [4.78, 5) is 10.5. The van der Waals surface area contributed by atoms with Crippen molar-refractivity contribution in [1.82, 2.24) is 15.0 Å². The molecule has 0 amide bonds. The van der Waals surface area contributed by atoms with E-state index < -0.39 is 0 Å². The Balaban J connectivity index is 0.000000304. The summed E-state index contributed by atoms with van der Waals surface area (Å²) >= 11 is 0. The zero-order valence-corrected chi connectivity index (χ0v) is 9.96. The molecule has 0 spiro atoms. The lowest BCUT2D eigenvalue weighted by Crippen LogP contribution is -2.05. The Labute approximate surface area is 100 Å². The van der Waals surface area contributed by atoms with Gasteiger partial charge in [0.05, 0.1) is 13.2 Å². The first-order chi connectivity index (χ1) is 8.10. The van der Waals surface area contributed by atoms with Crippen LogP contribution in [0.15, 0.2) is 0 Å². The van der Waals surface area contributed by atoms with Crippen LogP contribution in [0.25, 0.3) is 0 Å². The number of nitrogens with zero attached hydrogens (tertiary/aromatic N) is 3. The molecule has 17 heavy (non-hydrogen) atoms. The fraction of sp³-hybridized carbons (Fsp3) is 0.667. The van der Waals surface area contributed by atoms with E-state index in [1.807, 2.05) is 0 Å². The van der Waals surface area contributed by atoms with Crippen LogP contribution in [-0.4, -0.2) is 39.9 Å². The summed E-state index contributed by atoms with van der Waals surface area (Å²) in [6, 6.07) is 0. The van der Waals surface area contributed by atoms with Gasteiger partial charge >= 0.3 is 0 Å². The molecule has 0 fully saturated rings. The highest BCUT2D eigenvalue weighted by molar-refractivity contribution is 5.33. The Hall–Kier alpha value is -1.67. The van der Waals surface area contributed by atoms with Gasteiger partial charge in [-0.25, -0.2) is 0 Å². The fourth-order valence-corrected chi connectivity index (χ4v) is 0.840. The molecule has 1 aromatic heterocycles. The van der Waals surface area contributed by atoms with Crippen molar-refractivity contribution in [3.8, 4) is 0 Å².